The first-order valence-corrected chi connectivity index (χ1v) is 20.2. The van der Waals surface area contributed by atoms with E-state index in [4.69, 9.17) is 18.9 Å². The zero-order chi connectivity index (χ0) is 52.7. The fraction of sp³-hybridized carbons (Fsp3) is 0.341. The summed E-state index contributed by atoms with van der Waals surface area (Å²) in [5, 5.41) is 2.42. The molecule has 0 saturated heterocycles. The molecule has 0 radical (unpaired) electrons. The normalized spacial score (nSPS) is 11.4. The van der Waals surface area contributed by atoms with Crippen molar-refractivity contribution in [3.05, 3.63) is 123 Å². The smallest absolute Gasteiger partial charge is 0.313 e. The Morgan fingerprint density at radius 2 is 0.789 bits per heavy atom. The van der Waals surface area contributed by atoms with Crippen molar-refractivity contribution in [3.8, 4) is 17.2 Å². The van der Waals surface area contributed by atoms with Crippen molar-refractivity contribution in [1.29, 1.82) is 0 Å². The molecule has 4 aromatic carbocycles. The van der Waals surface area contributed by atoms with Gasteiger partial charge in [-0.25, -0.2) is 39.5 Å². The van der Waals surface area contributed by atoms with E-state index in [0.29, 0.717) is 5.56 Å². The predicted molar refractivity (Wildman–Crippen MR) is 208 cm³/mol. The Morgan fingerprint density at radius 3 is 1.20 bits per heavy atom. The molecule has 386 valence electrons. The first-order chi connectivity index (χ1) is 33.5. The minimum Gasteiger partial charge on any atom is -0.461 e. The third kappa shape index (κ3) is 15.1. The van der Waals surface area contributed by atoms with Crippen molar-refractivity contribution in [2.75, 3.05) is 39.6 Å². The van der Waals surface area contributed by atoms with Crippen LogP contribution in [0.2, 0.25) is 0 Å². The fourth-order valence-electron chi connectivity index (χ4n) is 5.75. The van der Waals surface area contributed by atoms with Gasteiger partial charge in [0.05, 0.1) is 58.9 Å². The van der Waals surface area contributed by atoms with Crippen LogP contribution >= 0.6 is 0 Å². The average molecular weight is 1040 g/mol. The van der Waals surface area contributed by atoms with Crippen molar-refractivity contribution in [2.45, 2.75) is 57.6 Å². The molecule has 0 fully saturated rings. The van der Waals surface area contributed by atoms with Gasteiger partial charge in [0.2, 0.25) is 87.2 Å². The Bertz CT molecular complexity index is 2320. The monoisotopic (exact) mass is 1040 g/mol. The number of rotatable bonds is 25. The van der Waals surface area contributed by atoms with Crippen LogP contribution in [0.3, 0.4) is 0 Å². The first kappa shape index (κ1) is 56.7. The van der Waals surface area contributed by atoms with Crippen LogP contribution in [0, 0.1) is 88.4 Å². The van der Waals surface area contributed by atoms with E-state index in [9.17, 15) is 85.4 Å². The van der Waals surface area contributed by atoms with E-state index in [2.05, 4.69) is 19.5 Å². The molecule has 4 rings (SSSR count). The second kappa shape index (κ2) is 25.8. The van der Waals surface area contributed by atoms with E-state index in [1.54, 1.807) is 30.3 Å². The molecule has 0 atom stereocenters. The highest BCUT2D eigenvalue weighted by Gasteiger charge is 2.35. The number of hydrogen-bond acceptors (Lipinski definition) is 12. The number of carbonyl (C=O) groups excluding carboxylic acids is 5. The second-order valence-corrected chi connectivity index (χ2v) is 14.7. The van der Waals surface area contributed by atoms with Crippen molar-refractivity contribution < 1.29 is 119 Å². The molecule has 27 heteroatoms. The van der Waals surface area contributed by atoms with E-state index in [0.717, 1.165) is 6.92 Å². The van der Waals surface area contributed by atoms with Crippen molar-refractivity contribution >= 4 is 29.8 Å². The molecular formula is C44H35F14NO12. The molecule has 0 aliphatic rings. The summed E-state index contributed by atoms with van der Waals surface area (Å²) in [5.41, 5.74) is -2.42. The maximum absolute atomic E-state index is 14.4. The van der Waals surface area contributed by atoms with Crippen LogP contribution in [0.25, 0.3) is 0 Å². The number of amides is 1. The van der Waals surface area contributed by atoms with Crippen molar-refractivity contribution in [3.63, 3.8) is 0 Å². The lowest BCUT2D eigenvalue weighted by atomic mass is 10.0. The number of halogens is 14. The molecule has 0 spiro atoms. The number of hydrogen-bond donors (Lipinski definition) is 1. The number of nitrogens with one attached hydrogen (secondary N) is 1. The molecule has 0 aromatic heterocycles. The fourth-order valence-corrected chi connectivity index (χ4v) is 5.75. The maximum atomic E-state index is 14.4. The second-order valence-electron chi connectivity index (χ2n) is 14.7. The highest BCUT2D eigenvalue weighted by atomic mass is 19.2. The van der Waals surface area contributed by atoms with E-state index < -0.39 is 205 Å². The summed E-state index contributed by atoms with van der Waals surface area (Å²) in [6.07, 6.45) is -3.96. The Balaban J connectivity index is 1.52. The highest BCUT2D eigenvalue weighted by molar-refractivity contribution is 5.78. The van der Waals surface area contributed by atoms with Crippen LogP contribution in [0.1, 0.15) is 49.7 Å². The molecule has 1 amide bonds. The zero-order valence-electron chi connectivity index (χ0n) is 36.3. The SMILES string of the molecule is Cc1c(F)c(F)c(F)c(F)c1OC(=O)CCOCC(COCCC(=O)Oc1c(F)c(F)c(F)c(F)c1F)(COCCC(=O)Oc1c(F)c(F)c(F)c(F)c1F)NC(=O)CCCC(=O)OCc1ccccc1. The topological polar surface area (TPSA) is 162 Å². The molecule has 0 aliphatic carbocycles. The number of esters is 4. The lowest BCUT2D eigenvalue weighted by molar-refractivity contribution is -0.145. The standard InChI is InChI=1S/C44H35F14NO12/c1-20-27(45)28(46)31(49)36(54)41(20)69-24(62)10-13-65-17-44(59-22(60)8-5-9-23(61)68-16-21-6-3-2-4-7-21,18-66-14-11-25(63)70-42-37(55)32(50)29(47)33(51)38(42)56)19-67-15-12-26(64)71-43-39(57)34(52)30(48)35(53)40(43)58/h2-4,6-7H,5,8-19H2,1H3,(H,59,60). The molecule has 0 heterocycles. The van der Waals surface area contributed by atoms with Crippen LogP contribution in [0.15, 0.2) is 30.3 Å². The summed E-state index contributed by atoms with van der Waals surface area (Å²) in [4.78, 5) is 63.2. The van der Waals surface area contributed by atoms with E-state index in [1.807, 2.05) is 0 Å². The molecular weight excluding hydrogens is 1000 g/mol. The minimum atomic E-state index is -2.56. The van der Waals surface area contributed by atoms with Gasteiger partial charge in [0.15, 0.2) is 17.4 Å². The van der Waals surface area contributed by atoms with Crippen LogP contribution in [-0.2, 0) is 49.5 Å². The molecule has 0 bridgehead atoms. The summed E-state index contributed by atoms with van der Waals surface area (Å²) in [6.45, 7) is -4.55. The maximum Gasteiger partial charge on any atom is 0.313 e. The van der Waals surface area contributed by atoms with Crippen molar-refractivity contribution in [1.82, 2.24) is 5.32 Å². The highest BCUT2D eigenvalue weighted by Crippen LogP contribution is 2.32. The largest absolute Gasteiger partial charge is 0.461 e. The Hall–Kier alpha value is -6.87. The van der Waals surface area contributed by atoms with Gasteiger partial charge in [-0.3, -0.25) is 24.0 Å². The molecule has 0 unspecified atom stereocenters. The van der Waals surface area contributed by atoms with Gasteiger partial charge in [-0.15, -0.1) is 0 Å². The van der Waals surface area contributed by atoms with E-state index >= 15 is 0 Å². The number of carbonyl (C=O) groups is 5. The molecule has 13 nitrogen and oxygen atoms in total. The Labute approximate surface area is 390 Å². The van der Waals surface area contributed by atoms with Gasteiger partial charge in [-0.05, 0) is 18.9 Å². The third-order valence-corrected chi connectivity index (χ3v) is 9.35. The minimum absolute atomic E-state index is 0.120. The van der Waals surface area contributed by atoms with Crippen LogP contribution in [-0.4, -0.2) is 75.0 Å². The van der Waals surface area contributed by atoms with Gasteiger partial charge < -0.3 is 38.5 Å². The zero-order valence-corrected chi connectivity index (χ0v) is 36.3. The quantitative estimate of drug-likeness (QED) is 0.0170. The number of ether oxygens (including phenoxy) is 7. The van der Waals surface area contributed by atoms with Gasteiger partial charge in [-0.2, -0.15) is 22.0 Å². The Morgan fingerprint density at radius 1 is 0.437 bits per heavy atom. The molecule has 0 aliphatic heterocycles. The molecule has 71 heavy (non-hydrogen) atoms. The first-order valence-electron chi connectivity index (χ1n) is 20.2. The summed E-state index contributed by atoms with van der Waals surface area (Å²) < 4.78 is 229. The Kier molecular flexibility index (Phi) is 20.6. The van der Waals surface area contributed by atoms with Gasteiger partial charge in [0.1, 0.15) is 12.1 Å². The molecule has 4 aromatic rings. The molecule has 0 saturated carbocycles. The molecule has 1 N–H and O–H groups in total. The summed E-state index contributed by atoms with van der Waals surface area (Å²) >= 11 is 0. The predicted octanol–water partition coefficient (Wildman–Crippen LogP) is 8.05. The van der Waals surface area contributed by atoms with E-state index in [-0.39, 0.29) is 19.4 Å². The van der Waals surface area contributed by atoms with Gasteiger partial charge >= 0.3 is 23.9 Å². The lowest BCUT2D eigenvalue weighted by Gasteiger charge is -2.34. The lowest BCUT2D eigenvalue weighted by Crippen LogP contribution is -2.58. The van der Waals surface area contributed by atoms with E-state index in [1.165, 1.54) is 0 Å². The van der Waals surface area contributed by atoms with Gasteiger partial charge in [-0.1, -0.05) is 30.3 Å². The third-order valence-electron chi connectivity index (χ3n) is 9.35. The van der Waals surface area contributed by atoms with Gasteiger partial charge in [0.25, 0.3) is 0 Å². The summed E-state index contributed by atoms with van der Waals surface area (Å²) in [5.74, 6) is -45.1. The average Bonchev–Trinajstić information content (AvgIpc) is 3.35. The van der Waals surface area contributed by atoms with Crippen LogP contribution < -0.4 is 19.5 Å². The number of benzene rings is 4. The van der Waals surface area contributed by atoms with Crippen LogP contribution in [0.4, 0.5) is 61.5 Å². The summed E-state index contributed by atoms with van der Waals surface area (Å²) in [7, 11) is 0. The van der Waals surface area contributed by atoms with Gasteiger partial charge in [0, 0.05) is 18.4 Å². The van der Waals surface area contributed by atoms with Crippen molar-refractivity contribution in [2.24, 2.45) is 0 Å². The van der Waals surface area contributed by atoms with Crippen LogP contribution in [0.5, 0.6) is 17.2 Å². The summed E-state index contributed by atoms with van der Waals surface area (Å²) in [6, 6.07) is 8.41.